The van der Waals surface area contributed by atoms with Crippen LogP contribution in [0.1, 0.15) is 57.2 Å². The van der Waals surface area contributed by atoms with Gasteiger partial charge in [-0.15, -0.1) is 12.4 Å². The van der Waals surface area contributed by atoms with E-state index in [-0.39, 0.29) is 30.1 Å². The van der Waals surface area contributed by atoms with Crippen molar-refractivity contribution in [2.45, 2.75) is 51.4 Å². The van der Waals surface area contributed by atoms with Gasteiger partial charge in [-0.25, -0.2) is 4.68 Å². The predicted molar refractivity (Wildman–Crippen MR) is 106 cm³/mol. The summed E-state index contributed by atoms with van der Waals surface area (Å²) in [5.41, 5.74) is 0. The zero-order valence-electron chi connectivity index (χ0n) is 16.2. The average molecular weight is 399 g/mol. The molecule has 0 aliphatic carbocycles. The number of nitrogens with one attached hydrogen (secondary N) is 2. The Hall–Kier alpha value is -1.67. The van der Waals surface area contributed by atoms with Crippen LogP contribution in [0.3, 0.4) is 0 Å². The lowest BCUT2D eigenvalue weighted by molar-refractivity contribution is -0.134. The summed E-state index contributed by atoms with van der Waals surface area (Å²) in [5.74, 6) is 1.57. The van der Waals surface area contributed by atoms with Crippen molar-refractivity contribution in [1.29, 1.82) is 0 Å². The molecule has 152 valence electrons. The first kappa shape index (κ1) is 21.6. The van der Waals surface area contributed by atoms with E-state index in [0.29, 0.717) is 24.8 Å². The summed E-state index contributed by atoms with van der Waals surface area (Å²) in [5, 5.41) is 10.8. The fourth-order valence-electron chi connectivity index (χ4n) is 3.77. The van der Waals surface area contributed by atoms with Crippen molar-refractivity contribution in [2.24, 2.45) is 13.0 Å². The lowest BCUT2D eigenvalue weighted by Crippen LogP contribution is -2.43. The molecule has 2 aliphatic heterocycles. The Morgan fingerprint density at radius 1 is 1.26 bits per heavy atom. The Labute approximate surface area is 166 Å². The van der Waals surface area contributed by atoms with Crippen LogP contribution in [0.2, 0.25) is 0 Å². The molecule has 1 aromatic rings. The van der Waals surface area contributed by atoms with Gasteiger partial charge in [0, 0.05) is 32.5 Å². The maximum absolute atomic E-state index is 12.7. The van der Waals surface area contributed by atoms with Crippen LogP contribution in [-0.4, -0.2) is 57.7 Å². The Balaban J connectivity index is 0.00000261. The van der Waals surface area contributed by atoms with Crippen molar-refractivity contribution in [1.82, 2.24) is 25.0 Å². The van der Waals surface area contributed by atoms with E-state index < -0.39 is 0 Å². The minimum absolute atomic E-state index is 0. The third kappa shape index (κ3) is 5.42. The molecule has 1 aromatic heterocycles. The van der Waals surface area contributed by atoms with Gasteiger partial charge in [0.15, 0.2) is 5.82 Å². The van der Waals surface area contributed by atoms with Gasteiger partial charge in [-0.05, 0) is 45.2 Å². The second-order valence-corrected chi connectivity index (χ2v) is 7.36. The molecule has 2 amide bonds. The molecular formula is C18H31ClN6O2. The lowest BCUT2D eigenvalue weighted by Gasteiger charge is -2.32. The summed E-state index contributed by atoms with van der Waals surface area (Å²) < 4.78 is 1.65. The molecule has 2 fully saturated rings. The molecule has 9 heteroatoms. The number of aryl methyl sites for hydroxylation is 1. The predicted octanol–water partition coefficient (Wildman–Crippen LogP) is 1.68. The van der Waals surface area contributed by atoms with Crippen LogP contribution < -0.4 is 10.6 Å². The van der Waals surface area contributed by atoms with Crippen LogP contribution in [0.4, 0.5) is 5.95 Å². The van der Waals surface area contributed by atoms with Crippen LogP contribution in [0.5, 0.6) is 0 Å². The molecule has 0 saturated carbocycles. The smallest absolute Gasteiger partial charge is 0.231 e. The SMILES string of the molecule is CCCC(=O)N1CCCC(C(=O)Nc2nc(C3CCNCC3)nn2C)C1.Cl. The molecule has 27 heavy (non-hydrogen) atoms. The Morgan fingerprint density at radius 3 is 2.70 bits per heavy atom. The first-order valence-electron chi connectivity index (χ1n) is 9.78. The first-order valence-corrected chi connectivity index (χ1v) is 9.78. The number of carbonyl (C=O) groups is 2. The molecule has 1 atom stereocenters. The Morgan fingerprint density at radius 2 is 2.00 bits per heavy atom. The highest BCUT2D eigenvalue weighted by molar-refractivity contribution is 5.91. The summed E-state index contributed by atoms with van der Waals surface area (Å²) in [6, 6.07) is 0. The summed E-state index contributed by atoms with van der Waals surface area (Å²) in [6.07, 6.45) is 5.11. The van der Waals surface area contributed by atoms with E-state index in [4.69, 9.17) is 0 Å². The van der Waals surface area contributed by atoms with Crippen molar-refractivity contribution < 1.29 is 9.59 Å². The number of likely N-dealkylation sites (tertiary alicyclic amines) is 1. The number of aromatic nitrogens is 3. The van der Waals surface area contributed by atoms with E-state index in [0.717, 1.165) is 57.6 Å². The molecule has 2 N–H and O–H groups in total. The quantitative estimate of drug-likeness (QED) is 0.787. The summed E-state index contributed by atoms with van der Waals surface area (Å²) in [7, 11) is 1.81. The zero-order chi connectivity index (χ0) is 18.5. The van der Waals surface area contributed by atoms with Gasteiger partial charge in [0.25, 0.3) is 0 Å². The largest absolute Gasteiger partial charge is 0.342 e. The fourth-order valence-corrected chi connectivity index (χ4v) is 3.77. The maximum Gasteiger partial charge on any atom is 0.231 e. The van der Waals surface area contributed by atoms with Gasteiger partial charge < -0.3 is 10.2 Å². The number of halogens is 1. The summed E-state index contributed by atoms with van der Waals surface area (Å²) >= 11 is 0. The fraction of sp³-hybridized carbons (Fsp3) is 0.778. The van der Waals surface area contributed by atoms with E-state index in [9.17, 15) is 9.59 Å². The van der Waals surface area contributed by atoms with Crippen LogP contribution >= 0.6 is 12.4 Å². The molecule has 2 saturated heterocycles. The maximum atomic E-state index is 12.7. The highest BCUT2D eigenvalue weighted by Crippen LogP contribution is 2.24. The number of hydrogen-bond donors (Lipinski definition) is 2. The zero-order valence-corrected chi connectivity index (χ0v) is 17.1. The third-order valence-corrected chi connectivity index (χ3v) is 5.33. The number of carbonyl (C=O) groups excluding carboxylic acids is 2. The molecule has 0 spiro atoms. The van der Waals surface area contributed by atoms with Crippen LogP contribution in [0, 0.1) is 5.92 Å². The Kier molecular flexibility index (Phi) is 8.04. The van der Waals surface area contributed by atoms with Gasteiger partial charge in [0.2, 0.25) is 17.8 Å². The molecule has 3 heterocycles. The van der Waals surface area contributed by atoms with Crippen molar-refractivity contribution in [3.05, 3.63) is 5.82 Å². The number of amides is 2. The van der Waals surface area contributed by atoms with Gasteiger partial charge in [-0.3, -0.25) is 14.9 Å². The van der Waals surface area contributed by atoms with Crippen LogP contribution in [0.25, 0.3) is 0 Å². The lowest BCUT2D eigenvalue weighted by atomic mass is 9.97. The van der Waals surface area contributed by atoms with E-state index in [1.165, 1.54) is 0 Å². The van der Waals surface area contributed by atoms with Gasteiger partial charge in [-0.2, -0.15) is 10.1 Å². The van der Waals surface area contributed by atoms with Gasteiger partial charge in [0.1, 0.15) is 0 Å². The van der Waals surface area contributed by atoms with E-state index in [1.807, 2.05) is 18.9 Å². The molecule has 0 radical (unpaired) electrons. The summed E-state index contributed by atoms with van der Waals surface area (Å²) in [4.78, 5) is 31.2. The third-order valence-electron chi connectivity index (χ3n) is 5.33. The molecule has 0 bridgehead atoms. The van der Waals surface area contributed by atoms with Crippen LogP contribution in [-0.2, 0) is 16.6 Å². The minimum atomic E-state index is -0.177. The van der Waals surface area contributed by atoms with Crippen molar-refractivity contribution in [3.63, 3.8) is 0 Å². The van der Waals surface area contributed by atoms with Gasteiger partial charge in [-0.1, -0.05) is 6.92 Å². The van der Waals surface area contributed by atoms with Gasteiger partial charge in [0.05, 0.1) is 5.92 Å². The monoisotopic (exact) mass is 398 g/mol. The molecular weight excluding hydrogens is 368 g/mol. The number of anilines is 1. The van der Waals surface area contributed by atoms with E-state index in [2.05, 4.69) is 20.7 Å². The molecule has 3 rings (SSSR count). The molecule has 2 aliphatic rings. The minimum Gasteiger partial charge on any atom is -0.342 e. The number of piperidine rings is 2. The molecule has 1 unspecified atom stereocenters. The second kappa shape index (κ2) is 10.0. The molecule has 8 nitrogen and oxygen atoms in total. The van der Waals surface area contributed by atoms with Crippen molar-refractivity contribution in [3.8, 4) is 0 Å². The van der Waals surface area contributed by atoms with E-state index in [1.54, 1.807) is 4.68 Å². The normalized spacial score (nSPS) is 20.8. The van der Waals surface area contributed by atoms with E-state index >= 15 is 0 Å². The first-order chi connectivity index (χ1) is 12.6. The van der Waals surface area contributed by atoms with Crippen molar-refractivity contribution >= 4 is 30.2 Å². The second-order valence-electron chi connectivity index (χ2n) is 7.36. The number of nitrogens with zero attached hydrogens (tertiary/aromatic N) is 4. The highest BCUT2D eigenvalue weighted by Gasteiger charge is 2.29. The topological polar surface area (TPSA) is 92.2 Å². The highest BCUT2D eigenvalue weighted by atomic mass is 35.5. The Bertz CT molecular complexity index is 644. The average Bonchev–Trinajstić information content (AvgIpc) is 3.03. The number of hydrogen-bond acceptors (Lipinski definition) is 5. The number of rotatable bonds is 5. The van der Waals surface area contributed by atoms with Crippen LogP contribution in [0.15, 0.2) is 0 Å². The van der Waals surface area contributed by atoms with Crippen molar-refractivity contribution in [2.75, 3.05) is 31.5 Å². The summed E-state index contributed by atoms with van der Waals surface area (Å²) in [6.45, 7) is 5.22. The van der Waals surface area contributed by atoms with Gasteiger partial charge >= 0.3 is 0 Å². The molecule has 0 aromatic carbocycles. The standard InChI is InChI=1S/C18H30N6O2.ClH/c1-3-5-15(25)24-11-4-6-14(12-24)17(26)21-18-20-16(22-23(18)2)13-7-9-19-10-8-13;/h13-14,19H,3-12H2,1-2H3,(H,20,21,22,26);1H.